The fourth-order valence-corrected chi connectivity index (χ4v) is 3.77. The topological polar surface area (TPSA) is 85.1 Å². The summed E-state index contributed by atoms with van der Waals surface area (Å²) < 4.78 is 28.4. The smallest absolute Gasteiger partial charge is 0.244 e. The Balaban J connectivity index is 2.03. The van der Waals surface area contributed by atoms with Gasteiger partial charge in [-0.15, -0.1) is 0 Å². The molecule has 96 valence electrons. The molecule has 2 rings (SSSR count). The number of hydrogen-bond donors (Lipinski definition) is 1. The predicted octanol–water partition coefficient (Wildman–Crippen LogP) is 0.471. The lowest BCUT2D eigenvalue weighted by atomic mass is 10.2. The molecule has 0 bridgehead atoms. The maximum absolute atomic E-state index is 11.7. The zero-order valence-corrected chi connectivity index (χ0v) is 10.7. The van der Waals surface area contributed by atoms with Gasteiger partial charge in [0.1, 0.15) is 5.25 Å². The number of aryl methyl sites for hydroxylation is 1. The minimum absolute atomic E-state index is 0.231. The van der Waals surface area contributed by atoms with Crippen molar-refractivity contribution in [3.8, 4) is 0 Å². The number of rotatable bonds is 5. The number of aromatic nitrogens is 2. The molecular weight excluding hydrogens is 242 g/mol. The molecule has 0 aromatic carbocycles. The Morgan fingerprint density at radius 3 is 3.00 bits per heavy atom. The second-order valence-electron chi connectivity index (χ2n) is 4.25. The summed E-state index contributed by atoms with van der Waals surface area (Å²) in [7, 11) is -1.18. The maximum atomic E-state index is 11.7. The molecule has 6 nitrogen and oxygen atoms in total. The minimum Gasteiger partial charge on any atom is -0.338 e. The van der Waals surface area contributed by atoms with E-state index in [1.54, 1.807) is 0 Å². The molecule has 1 aliphatic heterocycles. The molecule has 0 radical (unpaired) electrons. The van der Waals surface area contributed by atoms with E-state index in [1.807, 2.05) is 7.05 Å². The van der Waals surface area contributed by atoms with E-state index in [4.69, 9.17) is 4.52 Å². The summed E-state index contributed by atoms with van der Waals surface area (Å²) in [5.74, 6) is 1.09. The van der Waals surface area contributed by atoms with Crippen LogP contribution >= 0.6 is 0 Å². The molecule has 1 N–H and O–H groups in total. The van der Waals surface area contributed by atoms with Crippen LogP contribution in [0.5, 0.6) is 0 Å². The summed E-state index contributed by atoms with van der Waals surface area (Å²) in [5, 5.41) is 6.27. The molecule has 7 heteroatoms. The predicted molar refractivity (Wildman–Crippen MR) is 62.3 cm³/mol. The summed E-state index contributed by atoms with van der Waals surface area (Å²) in [6.07, 6.45) is 2.90. The minimum atomic E-state index is -3.06. The van der Waals surface area contributed by atoms with E-state index < -0.39 is 15.1 Å². The van der Waals surface area contributed by atoms with Gasteiger partial charge in [-0.3, -0.25) is 0 Å². The van der Waals surface area contributed by atoms with Gasteiger partial charge in [-0.1, -0.05) is 5.16 Å². The lowest BCUT2D eigenvalue weighted by Gasteiger charge is -2.01. The summed E-state index contributed by atoms with van der Waals surface area (Å²) >= 11 is 0. The van der Waals surface area contributed by atoms with Gasteiger partial charge >= 0.3 is 0 Å². The average molecular weight is 259 g/mol. The third-order valence-corrected chi connectivity index (χ3v) is 5.08. The third kappa shape index (κ3) is 2.84. The van der Waals surface area contributed by atoms with Crippen LogP contribution in [0, 0.1) is 0 Å². The molecule has 1 atom stereocenters. The van der Waals surface area contributed by atoms with Gasteiger partial charge in [0.2, 0.25) is 5.89 Å². The molecule has 1 aliphatic rings. The van der Waals surface area contributed by atoms with Crippen LogP contribution < -0.4 is 5.32 Å². The van der Waals surface area contributed by atoms with Gasteiger partial charge < -0.3 is 9.84 Å². The van der Waals surface area contributed by atoms with Crippen LogP contribution in [-0.4, -0.2) is 37.9 Å². The first-order chi connectivity index (χ1) is 8.13. The lowest BCUT2D eigenvalue weighted by molar-refractivity contribution is 0.366. The van der Waals surface area contributed by atoms with Crippen molar-refractivity contribution in [2.45, 2.75) is 30.9 Å². The average Bonchev–Trinajstić information content (AvgIpc) is 2.85. The highest BCUT2D eigenvalue weighted by atomic mass is 32.2. The summed E-state index contributed by atoms with van der Waals surface area (Å²) in [6, 6.07) is 0. The van der Waals surface area contributed by atoms with Gasteiger partial charge in [-0.05, 0) is 32.9 Å². The molecule has 0 spiro atoms. The number of sulfone groups is 1. The Morgan fingerprint density at radius 1 is 1.53 bits per heavy atom. The first-order valence-electron chi connectivity index (χ1n) is 5.82. The van der Waals surface area contributed by atoms with Crippen molar-refractivity contribution >= 4 is 9.84 Å². The van der Waals surface area contributed by atoms with Crippen LogP contribution in [0.3, 0.4) is 0 Å². The van der Waals surface area contributed by atoms with E-state index in [0.29, 0.717) is 25.1 Å². The van der Waals surface area contributed by atoms with Gasteiger partial charge in [0.05, 0.1) is 5.75 Å². The van der Waals surface area contributed by atoms with Crippen LogP contribution in [0.25, 0.3) is 0 Å². The molecule has 1 aromatic heterocycles. The van der Waals surface area contributed by atoms with Crippen LogP contribution in [0.2, 0.25) is 0 Å². The number of hydrogen-bond acceptors (Lipinski definition) is 6. The van der Waals surface area contributed by atoms with Crippen LogP contribution in [-0.2, 0) is 16.3 Å². The van der Waals surface area contributed by atoms with E-state index >= 15 is 0 Å². The Morgan fingerprint density at radius 2 is 2.35 bits per heavy atom. The van der Waals surface area contributed by atoms with Crippen molar-refractivity contribution in [3.05, 3.63) is 11.7 Å². The van der Waals surface area contributed by atoms with Crippen molar-refractivity contribution < 1.29 is 12.9 Å². The monoisotopic (exact) mass is 259 g/mol. The quantitative estimate of drug-likeness (QED) is 0.774. The van der Waals surface area contributed by atoms with Gasteiger partial charge in [0.15, 0.2) is 15.7 Å². The summed E-state index contributed by atoms with van der Waals surface area (Å²) in [6.45, 7) is 0.881. The van der Waals surface area contributed by atoms with Crippen molar-refractivity contribution in [2.24, 2.45) is 0 Å². The molecule has 1 saturated heterocycles. The van der Waals surface area contributed by atoms with E-state index in [9.17, 15) is 8.42 Å². The SMILES string of the molecule is CNCCCc1noc(C2CCCS2(=O)=O)n1. The molecule has 0 saturated carbocycles. The van der Waals surface area contributed by atoms with Crippen molar-refractivity contribution in [2.75, 3.05) is 19.3 Å². The van der Waals surface area contributed by atoms with Crippen LogP contribution in [0.15, 0.2) is 4.52 Å². The van der Waals surface area contributed by atoms with Gasteiger partial charge in [0.25, 0.3) is 0 Å². The van der Waals surface area contributed by atoms with Crippen molar-refractivity contribution in [1.82, 2.24) is 15.5 Å². The van der Waals surface area contributed by atoms with E-state index in [1.165, 1.54) is 0 Å². The first-order valence-corrected chi connectivity index (χ1v) is 7.53. The first kappa shape index (κ1) is 12.5. The second kappa shape index (κ2) is 5.14. The molecule has 0 aliphatic carbocycles. The van der Waals surface area contributed by atoms with Crippen LogP contribution in [0.1, 0.15) is 36.2 Å². The fourth-order valence-electron chi connectivity index (χ4n) is 1.99. The highest BCUT2D eigenvalue weighted by Crippen LogP contribution is 2.33. The highest BCUT2D eigenvalue weighted by Gasteiger charge is 2.36. The standard InChI is InChI=1S/C10H17N3O3S/c1-11-6-2-5-9-12-10(16-13-9)8-4-3-7-17(8,14)15/h8,11H,2-7H2,1H3. The highest BCUT2D eigenvalue weighted by molar-refractivity contribution is 7.91. The largest absolute Gasteiger partial charge is 0.338 e. The number of nitrogens with zero attached hydrogens (tertiary/aromatic N) is 2. The summed E-state index contributed by atoms with van der Waals surface area (Å²) in [4.78, 5) is 4.17. The molecular formula is C10H17N3O3S. The molecule has 17 heavy (non-hydrogen) atoms. The van der Waals surface area contributed by atoms with Gasteiger partial charge in [0, 0.05) is 6.42 Å². The summed E-state index contributed by atoms with van der Waals surface area (Å²) in [5.41, 5.74) is 0. The van der Waals surface area contributed by atoms with Gasteiger partial charge in [-0.25, -0.2) is 8.42 Å². The van der Waals surface area contributed by atoms with Crippen LogP contribution in [0.4, 0.5) is 0 Å². The molecule has 2 heterocycles. The molecule has 1 aromatic rings. The maximum Gasteiger partial charge on any atom is 0.244 e. The zero-order valence-electron chi connectivity index (χ0n) is 9.85. The Hall–Kier alpha value is -0.950. The Bertz CT molecular complexity index is 469. The Labute approximate surface area is 101 Å². The molecule has 1 fully saturated rings. The van der Waals surface area contributed by atoms with Gasteiger partial charge in [-0.2, -0.15) is 4.98 Å². The molecule has 0 amide bonds. The van der Waals surface area contributed by atoms with E-state index in [-0.39, 0.29) is 11.6 Å². The van der Waals surface area contributed by atoms with E-state index in [0.717, 1.165) is 13.0 Å². The normalized spacial score (nSPS) is 23.0. The third-order valence-electron chi connectivity index (χ3n) is 2.92. The van der Waals surface area contributed by atoms with Crippen molar-refractivity contribution in [1.29, 1.82) is 0 Å². The fraction of sp³-hybridized carbons (Fsp3) is 0.800. The van der Waals surface area contributed by atoms with E-state index in [2.05, 4.69) is 15.5 Å². The Kier molecular flexibility index (Phi) is 3.78. The zero-order chi connectivity index (χ0) is 12.3. The molecule has 1 unspecified atom stereocenters. The van der Waals surface area contributed by atoms with Crippen molar-refractivity contribution in [3.63, 3.8) is 0 Å². The number of nitrogens with one attached hydrogen (secondary N) is 1. The lowest BCUT2D eigenvalue weighted by Crippen LogP contribution is -2.09. The second-order valence-corrected chi connectivity index (χ2v) is 6.56.